The summed E-state index contributed by atoms with van der Waals surface area (Å²) in [5, 5.41) is 0. The van der Waals surface area contributed by atoms with Crippen molar-refractivity contribution in [1.82, 2.24) is 0 Å². The highest BCUT2D eigenvalue weighted by Crippen LogP contribution is 2.13. The van der Waals surface area contributed by atoms with Crippen LogP contribution in [-0.4, -0.2) is 9.93 Å². The van der Waals surface area contributed by atoms with E-state index in [0.29, 0.717) is 0 Å². The third-order valence-corrected chi connectivity index (χ3v) is 3.42. The smallest absolute Gasteiger partial charge is 0.116 e. The monoisotopic (exact) mass is 374 g/mol. The molecule has 0 saturated heterocycles. The fraction of sp³-hybridized carbons (Fsp3) is 0.143. The average molecular weight is 374 g/mol. The van der Waals surface area contributed by atoms with Crippen molar-refractivity contribution < 1.29 is 0 Å². The molecule has 0 aliphatic rings. The Morgan fingerprint density at radius 3 is 2.55 bits per heavy atom. The van der Waals surface area contributed by atoms with Crippen molar-refractivity contribution in [3.8, 4) is 0 Å². The van der Waals surface area contributed by atoms with Crippen LogP contribution in [0.3, 0.4) is 0 Å². The lowest BCUT2D eigenvalue weighted by Crippen LogP contribution is -1.82. The zero-order valence-electron chi connectivity index (χ0n) is 6.09. The molecule has 0 unspecified atom stereocenters. The molecule has 0 bridgehead atoms. The van der Waals surface area contributed by atoms with Gasteiger partial charge in [0.2, 0.25) is 0 Å². The van der Waals surface area contributed by atoms with Crippen molar-refractivity contribution in [2.24, 2.45) is 9.98 Å². The van der Waals surface area contributed by atoms with Crippen LogP contribution in [0.1, 0.15) is 6.92 Å². The van der Waals surface area contributed by atoms with Crippen LogP contribution in [0.15, 0.2) is 32.5 Å². The fourth-order valence-corrected chi connectivity index (χ4v) is 0.971. The van der Waals surface area contributed by atoms with Crippen molar-refractivity contribution in [3.63, 3.8) is 0 Å². The Kier molecular flexibility index (Phi) is 7.13. The quantitative estimate of drug-likeness (QED) is 0.535. The Hall–Kier alpha value is 0.280. The molecule has 0 aromatic heterocycles. The topological polar surface area (TPSA) is 24.7 Å². The molecule has 0 saturated carbocycles. The highest BCUT2D eigenvalue weighted by molar-refractivity contribution is 14.1. The van der Waals surface area contributed by atoms with Crippen molar-refractivity contribution in [2.75, 3.05) is 0 Å². The maximum absolute atomic E-state index is 3.99. The summed E-state index contributed by atoms with van der Waals surface area (Å²) in [5.41, 5.74) is 0. The third kappa shape index (κ3) is 5.54. The van der Waals surface area contributed by atoms with Gasteiger partial charge in [0, 0.05) is 18.6 Å². The first-order valence-corrected chi connectivity index (χ1v) is 5.06. The molecule has 2 nitrogen and oxygen atoms in total. The maximum Gasteiger partial charge on any atom is 0.116 e. The van der Waals surface area contributed by atoms with Gasteiger partial charge in [-0.3, -0.25) is 4.99 Å². The molecule has 11 heavy (non-hydrogen) atoms. The summed E-state index contributed by atoms with van der Waals surface area (Å²) in [7, 11) is 0. The van der Waals surface area contributed by atoms with Gasteiger partial charge in [-0.15, -0.1) is 0 Å². The van der Waals surface area contributed by atoms with Gasteiger partial charge in [0.05, 0.1) is 3.58 Å². The average Bonchev–Trinajstić information content (AvgIpc) is 2.00. The summed E-state index contributed by atoms with van der Waals surface area (Å²) in [6.07, 6.45) is 5.01. The van der Waals surface area contributed by atoms with Crippen LogP contribution in [-0.2, 0) is 0 Å². The van der Waals surface area contributed by atoms with Gasteiger partial charge >= 0.3 is 0 Å². The van der Waals surface area contributed by atoms with Crippen LogP contribution in [0.5, 0.6) is 0 Å². The molecule has 4 heteroatoms. The van der Waals surface area contributed by atoms with Gasteiger partial charge in [-0.25, -0.2) is 4.99 Å². The van der Waals surface area contributed by atoms with Crippen molar-refractivity contribution in [3.05, 3.63) is 22.6 Å². The van der Waals surface area contributed by atoms with Crippen molar-refractivity contribution in [2.45, 2.75) is 6.92 Å². The molecule has 0 fully saturated rings. The van der Waals surface area contributed by atoms with E-state index >= 15 is 0 Å². The molecule has 0 aliphatic heterocycles. The largest absolute Gasteiger partial charge is 0.268 e. The third-order valence-electron chi connectivity index (χ3n) is 0.739. The first-order chi connectivity index (χ1) is 5.22. The number of hydrogen-bond acceptors (Lipinski definition) is 2. The number of hydrogen-bond donors (Lipinski definition) is 0. The SMILES string of the molecule is C=CN=C(I)/C(I)=C\N=CC. The second-order valence-electron chi connectivity index (χ2n) is 1.49. The van der Waals surface area contributed by atoms with E-state index in [1.54, 1.807) is 12.4 Å². The second kappa shape index (κ2) is 6.96. The molecule has 0 amide bonds. The van der Waals surface area contributed by atoms with E-state index in [1.165, 1.54) is 6.20 Å². The fourth-order valence-electron chi connectivity index (χ4n) is 0.335. The Morgan fingerprint density at radius 2 is 2.09 bits per heavy atom. The first-order valence-electron chi connectivity index (χ1n) is 2.90. The number of aliphatic imine (C=N–C) groups is 2. The minimum Gasteiger partial charge on any atom is -0.268 e. The van der Waals surface area contributed by atoms with Gasteiger partial charge in [0.1, 0.15) is 3.72 Å². The molecule has 0 aromatic carbocycles. The van der Waals surface area contributed by atoms with E-state index in [4.69, 9.17) is 0 Å². The summed E-state index contributed by atoms with van der Waals surface area (Å²) >= 11 is 4.31. The predicted molar refractivity (Wildman–Crippen MR) is 67.9 cm³/mol. The number of halogens is 2. The molecule has 0 N–H and O–H groups in total. The Morgan fingerprint density at radius 1 is 1.45 bits per heavy atom. The molecular formula is C7H8I2N2. The van der Waals surface area contributed by atoms with Crippen LogP contribution in [0.2, 0.25) is 0 Å². The highest BCUT2D eigenvalue weighted by Gasteiger charge is 1.94. The highest BCUT2D eigenvalue weighted by atomic mass is 127. The second-order valence-corrected chi connectivity index (χ2v) is 3.67. The molecule has 0 radical (unpaired) electrons. The van der Waals surface area contributed by atoms with E-state index < -0.39 is 0 Å². The molecule has 0 heterocycles. The van der Waals surface area contributed by atoms with E-state index in [9.17, 15) is 0 Å². The summed E-state index contributed by atoms with van der Waals surface area (Å²) in [4.78, 5) is 7.96. The summed E-state index contributed by atoms with van der Waals surface area (Å²) in [6, 6.07) is 0. The van der Waals surface area contributed by atoms with Crippen LogP contribution < -0.4 is 0 Å². The van der Waals surface area contributed by atoms with Gasteiger partial charge < -0.3 is 0 Å². The minimum atomic E-state index is 0.906. The lowest BCUT2D eigenvalue weighted by molar-refractivity contribution is 1.57. The zero-order valence-corrected chi connectivity index (χ0v) is 10.4. The van der Waals surface area contributed by atoms with E-state index in [2.05, 4.69) is 61.7 Å². The number of allylic oxidation sites excluding steroid dienone is 1. The van der Waals surface area contributed by atoms with Gasteiger partial charge in [-0.2, -0.15) is 0 Å². The van der Waals surface area contributed by atoms with Crippen LogP contribution >= 0.6 is 45.2 Å². The van der Waals surface area contributed by atoms with Gasteiger partial charge in [-0.05, 0) is 52.1 Å². The Labute approximate surface area is 93.9 Å². The number of rotatable bonds is 3. The molecule has 0 spiro atoms. The standard InChI is InChI=1S/C7H8I2N2/c1-3-10-5-6(8)7(9)11-4-2/h3-5H,2H2,1H3/b6-5+,10-3?,11-7?. The van der Waals surface area contributed by atoms with E-state index in [-0.39, 0.29) is 0 Å². The Bertz CT molecular complexity index is 216. The molecule has 0 atom stereocenters. The minimum absolute atomic E-state index is 0.906. The van der Waals surface area contributed by atoms with Crippen LogP contribution in [0.4, 0.5) is 0 Å². The molecule has 0 aliphatic carbocycles. The van der Waals surface area contributed by atoms with Crippen LogP contribution in [0.25, 0.3) is 0 Å². The van der Waals surface area contributed by atoms with Gasteiger partial charge in [-0.1, -0.05) is 6.58 Å². The Balaban J connectivity index is 4.34. The van der Waals surface area contributed by atoms with Gasteiger partial charge in [0.15, 0.2) is 0 Å². The maximum atomic E-state index is 3.99. The van der Waals surface area contributed by atoms with E-state index in [1.807, 2.05) is 6.92 Å². The number of nitrogens with zero attached hydrogens (tertiary/aromatic N) is 2. The summed E-state index contributed by atoms with van der Waals surface area (Å²) in [5.74, 6) is 0. The lowest BCUT2D eigenvalue weighted by atomic mass is 10.6. The molecule has 0 aromatic rings. The first kappa shape index (κ1) is 11.3. The normalized spacial score (nSPS) is 14.1. The summed E-state index contributed by atoms with van der Waals surface area (Å²) < 4.78 is 1.92. The van der Waals surface area contributed by atoms with Crippen molar-refractivity contribution in [1.29, 1.82) is 0 Å². The van der Waals surface area contributed by atoms with Crippen molar-refractivity contribution >= 4 is 55.1 Å². The molecule has 60 valence electrons. The summed E-state index contributed by atoms with van der Waals surface area (Å²) in [6.45, 7) is 5.38. The zero-order chi connectivity index (χ0) is 8.69. The molecule has 0 rings (SSSR count). The van der Waals surface area contributed by atoms with Gasteiger partial charge in [0.25, 0.3) is 0 Å². The molecular weight excluding hydrogens is 366 g/mol. The van der Waals surface area contributed by atoms with Crippen LogP contribution in [0, 0.1) is 0 Å². The lowest BCUT2D eigenvalue weighted by Gasteiger charge is -1.90. The van der Waals surface area contributed by atoms with E-state index in [0.717, 1.165) is 7.30 Å². The predicted octanol–water partition coefficient (Wildman–Crippen LogP) is 3.33.